The monoisotopic (exact) mass is 325 g/mol. The molecule has 8 heteroatoms. The van der Waals surface area contributed by atoms with E-state index >= 15 is 0 Å². The number of hydrogen-bond donors (Lipinski definition) is 0. The number of rotatable bonds is 3. The van der Waals surface area contributed by atoms with Crippen LogP contribution < -0.4 is 0 Å². The van der Waals surface area contributed by atoms with Gasteiger partial charge in [0.1, 0.15) is 4.90 Å². The van der Waals surface area contributed by atoms with Crippen LogP contribution in [0.15, 0.2) is 29.4 Å². The van der Waals surface area contributed by atoms with E-state index in [1.54, 1.807) is 20.2 Å². The first-order valence-corrected chi connectivity index (χ1v) is 8.60. The summed E-state index contributed by atoms with van der Waals surface area (Å²) >= 11 is 0. The molecule has 2 fully saturated rings. The zero-order valence-corrected chi connectivity index (χ0v) is 13.4. The van der Waals surface area contributed by atoms with Gasteiger partial charge in [-0.05, 0) is 18.6 Å². The standard InChI is InChI=1S/C14H19N3O4S/c1-16(2)14(18)12-6-10-8-17(9-13(12)21-10)22(19,20)11-4-3-5-15-7-11/h3-5,7,10,12-13H,6,8-9H2,1-2H3/t10-,12+,13-/m0/s1. The number of carbonyl (C=O) groups is 1. The van der Waals surface area contributed by atoms with Crippen LogP contribution in [-0.2, 0) is 19.6 Å². The lowest BCUT2D eigenvalue weighted by Gasteiger charge is -2.32. The molecule has 120 valence electrons. The van der Waals surface area contributed by atoms with Gasteiger partial charge in [0.05, 0.1) is 18.1 Å². The van der Waals surface area contributed by atoms with Gasteiger partial charge in [0.25, 0.3) is 0 Å². The SMILES string of the molecule is CN(C)C(=O)[C@@H]1C[C@H]2CN(S(=O)(=O)c3cccnc3)C[C@@H]1O2. The molecule has 2 saturated heterocycles. The van der Waals surface area contributed by atoms with Crippen LogP contribution in [0, 0.1) is 5.92 Å². The van der Waals surface area contributed by atoms with Gasteiger partial charge in [-0.1, -0.05) is 0 Å². The van der Waals surface area contributed by atoms with Gasteiger partial charge in [-0.25, -0.2) is 8.42 Å². The molecule has 0 N–H and O–H groups in total. The first kappa shape index (κ1) is 15.4. The largest absolute Gasteiger partial charge is 0.371 e. The molecule has 1 aromatic rings. The van der Waals surface area contributed by atoms with Crippen LogP contribution in [0.5, 0.6) is 0 Å². The Morgan fingerprint density at radius 3 is 2.82 bits per heavy atom. The van der Waals surface area contributed by atoms with Crippen molar-refractivity contribution in [1.29, 1.82) is 0 Å². The summed E-state index contributed by atoms with van der Waals surface area (Å²) in [5.41, 5.74) is 0. The Kier molecular flexibility index (Phi) is 3.92. The minimum Gasteiger partial charge on any atom is -0.371 e. The van der Waals surface area contributed by atoms with Crippen molar-refractivity contribution in [2.24, 2.45) is 5.92 Å². The van der Waals surface area contributed by atoms with E-state index in [2.05, 4.69) is 4.98 Å². The average molecular weight is 325 g/mol. The smallest absolute Gasteiger partial charge is 0.244 e. The molecule has 0 aromatic carbocycles. The number of carbonyl (C=O) groups excluding carboxylic acids is 1. The highest BCUT2D eigenvalue weighted by molar-refractivity contribution is 7.89. The zero-order chi connectivity index (χ0) is 15.9. The summed E-state index contributed by atoms with van der Waals surface area (Å²) in [6.07, 6.45) is 2.85. The van der Waals surface area contributed by atoms with E-state index < -0.39 is 10.0 Å². The van der Waals surface area contributed by atoms with Crippen LogP contribution >= 0.6 is 0 Å². The Labute approximate surface area is 129 Å². The van der Waals surface area contributed by atoms with E-state index in [0.717, 1.165) is 0 Å². The van der Waals surface area contributed by atoms with Gasteiger partial charge in [0.15, 0.2) is 0 Å². The molecule has 22 heavy (non-hydrogen) atoms. The van der Waals surface area contributed by atoms with Crippen molar-refractivity contribution in [2.45, 2.75) is 23.5 Å². The molecule has 2 aliphatic rings. The molecule has 0 aliphatic carbocycles. The molecule has 3 atom stereocenters. The fourth-order valence-corrected chi connectivity index (χ4v) is 4.51. The fourth-order valence-electron chi connectivity index (χ4n) is 3.06. The number of aromatic nitrogens is 1. The molecule has 3 heterocycles. The predicted octanol–water partition coefficient (Wildman–Crippen LogP) is -0.0522. The van der Waals surface area contributed by atoms with Crippen LogP contribution in [0.2, 0.25) is 0 Å². The van der Waals surface area contributed by atoms with Crippen molar-refractivity contribution in [3.05, 3.63) is 24.5 Å². The van der Waals surface area contributed by atoms with Crippen molar-refractivity contribution in [1.82, 2.24) is 14.2 Å². The maximum absolute atomic E-state index is 12.7. The van der Waals surface area contributed by atoms with E-state index in [9.17, 15) is 13.2 Å². The summed E-state index contributed by atoms with van der Waals surface area (Å²) in [6, 6.07) is 3.13. The molecule has 0 saturated carbocycles. The fraction of sp³-hybridized carbons (Fsp3) is 0.571. The Balaban J connectivity index is 1.81. The van der Waals surface area contributed by atoms with Gasteiger partial charge in [-0.3, -0.25) is 9.78 Å². The Hall–Kier alpha value is -1.51. The first-order chi connectivity index (χ1) is 10.4. The van der Waals surface area contributed by atoms with Crippen LogP contribution in [0.25, 0.3) is 0 Å². The predicted molar refractivity (Wildman–Crippen MR) is 78.5 cm³/mol. The van der Waals surface area contributed by atoms with Crippen LogP contribution in [0.3, 0.4) is 0 Å². The van der Waals surface area contributed by atoms with Gasteiger partial charge in [-0.15, -0.1) is 0 Å². The quantitative estimate of drug-likeness (QED) is 0.778. The zero-order valence-electron chi connectivity index (χ0n) is 12.5. The Bertz CT molecular complexity index is 662. The molecule has 0 radical (unpaired) electrons. The lowest BCUT2D eigenvalue weighted by Crippen LogP contribution is -2.47. The topological polar surface area (TPSA) is 79.8 Å². The second-order valence-electron chi connectivity index (χ2n) is 5.88. The third-order valence-corrected chi connectivity index (χ3v) is 5.97. The highest BCUT2D eigenvalue weighted by Gasteiger charge is 2.47. The van der Waals surface area contributed by atoms with E-state index in [0.29, 0.717) is 6.42 Å². The van der Waals surface area contributed by atoms with Gasteiger partial charge in [-0.2, -0.15) is 4.31 Å². The second kappa shape index (κ2) is 5.60. The summed E-state index contributed by atoms with van der Waals surface area (Å²) in [4.78, 5) is 17.8. The lowest BCUT2D eigenvalue weighted by atomic mass is 9.99. The van der Waals surface area contributed by atoms with E-state index in [4.69, 9.17) is 4.74 Å². The first-order valence-electron chi connectivity index (χ1n) is 7.16. The molecule has 7 nitrogen and oxygen atoms in total. The molecule has 1 aromatic heterocycles. The molecule has 0 unspecified atom stereocenters. The number of sulfonamides is 1. The maximum atomic E-state index is 12.7. The summed E-state index contributed by atoms with van der Waals surface area (Å²) < 4.78 is 32.5. The maximum Gasteiger partial charge on any atom is 0.244 e. The number of nitrogens with zero attached hydrogens (tertiary/aromatic N) is 3. The molecular formula is C14H19N3O4S. The van der Waals surface area contributed by atoms with Gasteiger partial charge in [0.2, 0.25) is 15.9 Å². The third-order valence-electron chi connectivity index (χ3n) is 4.15. The van der Waals surface area contributed by atoms with E-state index in [1.807, 2.05) is 0 Å². The minimum absolute atomic E-state index is 0.00637. The Morgan fingerprint density at radius 2 is 2.18 bits per heavy atom. The number of morpholine rings is 1. The number of pyridine rings is 1. The van der Waals surface area contributed by atoms with Crippen LogP contribution in [-0.4, -0.2) is 67.9 Å². The highest BCUT2D eigenvalue weighted by atomic mass is 32.2. The number of hydrogen-bond acceptors (Lipinski definition) is 5. The third kappa shape index (κ3) is 2.62. The molecule has 0 spiro atoms. The normalized spacial score (nSPS) is 28.5. The summed E-state index contributed by atoms with van der Waals surface area (Å²) in [5, 5.41) is 0. The van der Waals surface area contributed by atoms with Crippen molar-refractivity contribution < 1.29 is 17.9 Å². The summed E-state index contributed by atoms with van der Waals surface area (Å²) in [5.74, 6) is -0.276. The summed E-state index contributed by atoms with van der Waals surface area (Å²) in [7, 11) is -0.185. The van der Waals surface area contributed by atoms with E-state index in [-0.39, 0.29) is 42.0 Å². The van der Waals surface area contributed by atoms with Gasteiger partial charge in [0, 0.05) is 39.6 Å². The molecule has 1 amide bonds. The van der Waals surface area contributed by atoms with Crippen LogP contribution in [0.1, 0.15) is 6.42 Å². The van der Waals surface area contributed by atoms with Gasteiger partial charge < -0.3 is 9.64 Å². The molecule has 2 bridgehead atoms. The van der Waals surface area contributed by atoms with Gasteiger partial charge >= 0.3 is 0 Å². The van der Waals surface area contributed by atoms with Crippen molar-refractivity contribution in [3.63, 3.8) is 0 Å². The number of ether oxygens (including phenoxy) is 1. The highest BCUT2D eigenvalue weighted by Crippen LogP contribution is 2.34. The molecule has 3 rings (SSSR count). The van der Waals surface area contributed by atoms with Crippen molar-refractivity contribution in [3.8, 4) is 0 Å². The lowest BCUT2D eigenvalue weighted by molar-refractivity contribution is -0.135. The number of amides is 1. The second-order valence-corrected chi connectivity index (χ2v) is 7.82. The number of fused-ring (bicyclic) bond motifs is 2. The van der Waals surface area contributed by atoms with Crippen molar-refractivity contribution >= 4 is 15.9 Å². The minimum atomic E-state index is -3.59. The average Bonchev–Trinajstić information content (AvgIpc) is 2.81. The molecule has 2 aliphatic heterocycles. The van der Waals surface area contributed by atoms with Crippen molar-refractivity contribution in [2.75, 3.05) is 27.2 Å². The van der Waals surface area contributed by atoms with E-state index in [1.165, 1.54) is 27.7 Å². The van der Waals surface area contributed by atoms with Crippen LogP contribution in [0.4, 0.5) is 0 Å². The Morgan fingerprint density at radius 1 is 1.41 bits per heavy atom. The molecular weight excluding hydrogens is 306 g/mol. The summed E-state index contributed by atoms with van der Waals surface area (Å²) in [6.45, 7) is 0.489.